The van der Waals surface area contributed by atoms with E-state index in [-0.39, 0.29) is 11.9 Å². The van der Waals surface area contributed by atoms with Crippen molar-refractivity contribution in [2.75, 3.05) is 18.0 Å². The van der Waals surface area contributed by atoms with E-state index in [1.54, 1.807) is 31.5 Å². The minimum atomic E-state index is -0.0814. The van der Waals surface area contributed by atoms with Crippen LogP contribution >= 0.6 is 0 Å². The number of carbonyl (C=O) groups is 1. The van der Waals surface area contributed by atoms with Gasteiger partial charge in [-0.15, -0.1) is 0 Å². The molecular weight excluding hydrogens is 268 g/mol. The Labute approximate surface area is 123 Å². The Balaban J connectivity index is 1.64. The molecule has 1 N–H and O–H groups in total. The summed E-state index contributed by atoms with van der Waals surface area (Å²) in [5.41, 5.74) is 0.600. The van der Waals surface area contributed by atoms with Crippen LogP contribution < -0.4 is 10.2 Å². The van der Waals surface area contributed by atoms with E-state index in [4.69, 9.17) is 4.42 Å². The molecule has 6 nitrogen and oxygen atoms in total. The van der Waals surface area contributed by atoms with Crippen LogP contribution in [0.3, 0.4) is 0 Å². The highest BCUT2D eigenvalue weighted by Gasteiger charge is 2.24. The molecule has 3 heterocycles. The van der Waals surface area contributed by atoms with Gasteiger partial charge in [-0.3, -0.25) is 4.79 Å². The van der Waals surface area contributed by atoms with E-state index in [0.29, 0.717) is 11.3 Å². The monoisotopic (exact) mass is 286 g/mol. The molecule has 2 aromatic heterocycles. The molecule has 1 aliphatic rings. The fourth-order valence-corrected chi connectivity index (χ4v) is 2.61. The van der Waals surface area contributed by atoms with Crippen molar-refractivity contribution >= 4 is 11.9 Å². The average molecular weight is 286 g/mol. The summed E-state index contributed by atoms with van der Waals surface area (Å²) in [7, 11) is 0. The highest BCUT2D eigenvalue weighted by Crippen LogP contribution is 2.16. The molecule has 1 fully saturated rings. The minimum Gasteiger partial charge on any atom is -0.469 e. The number of furan rings is 1. The predicted octanol–water partition coefficient (Wildman–Crippen LogP) is 1.78. The van der Waals surface area contributed by atoms with Crippen LogP contribution in [-0.4, -0.2) is 35.0 Å². The van der Waals surface area contributed by atoms with Crippen molar-refractivity contribution in [3.8, 4) is 0 Å². The molecule has 110 valence electrons. The number of rotatable bonds is 3. The SMILES string of the molecule is Cc1occc1C(=O)N[C@H]1CCCN(c2ncccn2)C1. The van der Waals surface area contributed by atoms with Crippen molar-refractivity contribution < 1.29 is 9.21 Å². The molecule has 0 aliphatic carbocycles. The summed E-state index contributed by atoms with van der Waals surface area (Å²) in [5.74, 6) is 1.28. The second-order valence-electron chi connectivity index (χ2n) is 5.20. The van der Waals surface area contributed by atoms with Gasteiger partial charge in [0, 0.05) is 31.5 Å². The van der Waals surface area contributed by atoms with Gasteiger partial charge in [-0.05, 0) is 31.9 Å². The van der Waals surface area contributed by atoms with Crippen LogP contribution in [-0.2, 0) is 0 Å². The van der Waals surface area contributed by atoms with E-state index in [9.17, 15) is 4.79 Å². The van der Waals surface area contributed by atoms with Gasteiger partial charge in [-0.25, -0.2) is 9.97 Å². The molecule has 1 amide bonds. The first-order valence-corrected chi connectivity index (χ1v) is 7.11. The van der Waals surface area contributed by atoms with Crippen molar-refractivity contribution in [2.24, 2.45) is 0 Å². The lowest BCUT2D eigenvalue weighted by Gasteiger charge is -2.33. The number of piperidine rings is 1. The number of nitrogens with one attached hydrogen (secondary N) is 1. The van der Waals surface area contributed by atoms with Gasteiger partial charge < -0.3 is 14.6 Å². The highest BCUT2D eigenvalue weighted by atomic mass is 16.3. The number of amides is 1. The Bertz CT molecular complexity index is 611. The second-order valence-corrected chi connectivity index (χ2v) is 5.20. The van der Waals surface area contributed by atoms with E-state index in [1.165, 1.54) is 6.26 Å². The maximum absolute atomic E-state index is 12.2. The van der Waals surface area contributed by atoms with E-state index >= 15 is 0 Å². The van der Waals surface area contributed by atoms with Gasteiger partial charge in [0.25, 0.3) is 5.91 Å². The Morgan fingerprint density at radius 3 is 2.95 bits per heavy atom. The molecule has 1 aliphatic heterocycles. The molecule has 0 saturated carbocycles. The van der Waals surface area contributed by atoms with Crippen LogP contribution in [0, 0.1) is 6.92 Å². The molecule has 0 spiro atoms. The Hall–Kier alpha value is -2.37. The van der Waals surface area contributed by atoms with E-state index in [1.807, 2.05) is 0 Å². The van der Waals surface area contributed by atoms with Gasteiger partial charge in [-0.1, -0.05) is 0 Å². The fourth-order valence-electron chi connectivity index (χ4n) is 2.61. The molecule has 0 radical (unpaired) electrons. The first kappa shape index (κ1) is 13.6. The molecule has 2 aromatic rings. The first-order chi connectivity index (χ1) is 10.2. The summed E-state index contributed by atoms with van der Waals surface area (Å²) >= 11 is 0. The van der Waals surface area contributed by atoms with Gasteiger partial charge >= 0.3 is 0 Å². The van der Waals surface area contributed by atoms with Crippen LogP contribution in [0.4, 0.5) is 5.95 Å². The van der Waals surface area contributed by atoms with Gasteiger partial charge in [0.05, 0.1) is 11.8 Å². The van der Waals surface area contributed by atoms with E-state index < -0.39 is 0 Å². The second kappa shape index (κ2) is 5.95. The average Bonchev–Trinajstić information content (AvgIpc) is 2.95. The van der Waals surface area contributed by atoms with Crippen molar-refractivity contribution in [2.45, 2.75) is 25.8 Å². The summed E-state index contributed by atoms with van der Waals surface area (Å²) in [6, 6.07) is 3.60. The van der Waals surface area contributed by atoms with Crippen LogP contribution in [0.25, 0.3) is 0 Å². The molecule has 1 atom stereocenters. The van der Waals surface area contributed by atoms with Crippen LogP contribution in [0.5, 0.6) is 0 Å². The first-order valence-electron chi connectivity index (χ1n) is 7.11. The van der Waals surface area contributed by atoms with Crippen molar-refractivity contribution in [3.05, 3.63) is 42.1 Å². The highest BCUT2D eigenvalue weighted by molar-refractivity contribution is 5.95. The molecule has 0 unspecified atom stereocenters. The zero-order valence-corrected chi connectivity index (χ0v) is 12.0. The maximum atomic E-state index is 12.2. The van der Waals surface area contributed by atoms with Gasteiger partial charge in [0.1, 0.15) is 5.76 Å². The normalized spacial score (nSPS) is 18.5. The smallest absolute Gasteiger partial charge is 0.255 e. The zero-order chi connectivity index (χ0) is 14.7. The van der Waals surface area contributed by atoms with Crippen molar-refractivity contribution in [1.29, 1.82) is 0 Å². The lowest BCUT2D eigenvalue weighted by molar-refractivity contribution is 0.0931. The Morgan fingerprint density at radius 2 is 2.24 bits per heavy atom. The fraction of sp³-hybridized carbons (Fsp3) is 0.400. The summed E-state index contributed by atoms with van der Waals surface area (Å²) < 4.78 is 5.17. The number of aromatic nitrogens is 2. The van der Waals surface area contributed by atoms with Gasteiger partial charge in [0.2, 0.25) is 5.95 Å². The number of hydrogen-bond donors (Lipinski definition) is 1. The molecule has 1 saturated heterocycles. The standard InChI is InChI=1S/C15H18N4O2/c1-11-13(5-9-21-11)14(20)18-12-4-2-8-19(10-12)15-16-6-3-7-17-15/h3,5-7,9,12H,2,4,8,10H2,1H3,(H,18,20)/t12-/m0/s1. The molecule has 6 heteroatoms. The van der Waals surface area contributed by atoms with Crippen molar-refractivity contribution in [3.63, 3.8) is 0 Å². The van der Waals surface area contributed by atoms with Crippen molar-refractivity contribution in [1.82, 2.24) is 15.3 Å². The van der Waals surface area contributed by atoms with E-state index in [2.05, 4.69) is 20.2 Å². The Kier molecular flexibility index (Phi) is 3.85. The van der Waals surface area contributed by atoms with E-state index in [0.717, 1.165) is 31.9 Å². The summed E-state index contributed by atoms with van der Waals surface area (Å²) in [6.07, 6.45) is 6.98. The van der Waals surface area contributed by atoms with Gasteiger partial charge in [-0.2, -0.15) is 0 Å². The topological polar surface area (TPSA) is 71.3 Å². The Morgan fingerprint density at radius 1 is 1.43 bits per heavy atom. The summed E-state index contributed by atoms with van der Waals surface area (Å²) in [6.45, 7) is 3.44. The lowest BCUT2D eigenvalue weighted by Crippen LogP contribution is -2.48. The maximum Gasteiger partial charge on any atom is 0.255 e. The summed E-state index contributed by atoms with van der Waals surface area (Å²) in [5, 5.41) is 3.07. The predicted molar refractivity (Wildman–Crippen MR) is 78.2 cm³/mol. The molecule has 0 aromatic carbocycles. The number of aryl methyl sites for hydroxylation is 1. The number of anilines is 1. The minimum absolute atomic E-state index is 0.0814. The molecule has 21 heavy (non-hydrogen) atoms. The number of carbonyl (C=O) groups excluding carboxylic acids is 1. The third-order valence-electron chi connectivity index (χ3n) is 3.70. The quantitative estimate of drug-likeness (QED) is 0.931. The van der Waals surface area contributed by atoms with Crippen LogP contribution in [0.1, 0.15) is 29.0 Å². The zero-order valence-electron chi connectivity index (χ0n) is 12.0. The number of hydrogen-bond acceptors (Lipinski definition) is 5. The van der Waals surface area contributed by atoms with Gasteiger partial charge in [0.15, 0.2) is 0 Å². The molecular formula is C15H18N4O2. The molecule has 0 bridgehead atoms. The van der Waals surface area contributed by atoms with Crippen LogP contribution in [0.15, 0.2) is 35.2 Å². The number of nitrogens with zero attached hydrogens (tertiary/aromatic N) is 3. The third-order valence-corrected chi connectivity index (χ3v) is 3.70. The largest absolute Gasteiger partial charge is 0.469 e. The van der Waals surface area contributed by atoms with Crippen LogP contribution in [0.2, 0.25) is 0 Å². The molecule has 3 rings (SSSR count). The third kappa shape index (κ3) is 3.04. The summed E-state index contributed by atoms with van der Waals surface area (Å²) in [4.78, 5) is 22.9. The lowest BCUT2D eigenvalue weighted by atomic mass is 10.1.